The van der Waals surface area contributed by atoms with Gasteiger partial charge in [0, 0.05) is 0 Å². The molecule has 3 nitrogen and oxygen atoms in total. The molecule has 15 heavy (non-hydrogen) atoms. The van der Waals surface area contributed by atoms with Crippen molar-refractivity contribution in [2.75, 3.05) is 5.73 Å². The number of benzene rings is 1. The second-order valence-electron chi connectivity index (χ2n) is 2.72. The van der Waals surface area contributed by atoms with E-state index in [1.807, 2.05) is 0 Å². The van der Waals surface area contributed by atoms with Crippen LogP contribution in [0.15, 0.2) is 12.1 Å². The number of aromatic carboxylic acids is 1. The van der Waals surface area contributed by atoms with E-state index in [1.54, 1.807) is 0 Å². The van der Waals surface area contributed by atoms with E-state index >= 15 is 0 Å². The highest BCUT2D eigenvalue weighted by molar-refractivity contribution is 5.94. The number of rotatable bonds is 1. The molecule has 0 unspecified atom stereocenters. The van der Waals surface area contributed by atoms with Crippen molar-refractivity contribution in [1.82, 2.24) is 0 Å². The van der Waals surface area contributed by atoms with Crippen LogP contribution >= 0.6 is 0 Å². The average molecular weight is 223 g/mol. The molecule has 0 radical (unpaired) electrons. The summed E-state index contributed by atoms with van der Waals surface area (Å²) in [6.07, 6.45) is -4.81. The first-order valence-corrected chi connectivity index (χ1v) is 3.63. The number of carbonyl (C=O) groups is 1. The van der Waals surface area contributed by atoms with E-state index in [2.05, 4.69) is 0 Å². The summed E-state index contributed by atoms with van der Waals surface area (Å²) in [4.78, 5) is 10.4. The second kappa shape index (κ2) is 3.41. The molecule has 0 aliphatic heterocycles. The summed E-state index contributed by atoms with van der Waals surface area (Å²) in [5.41, 5.74) is 1.88. The van der Waals surface area contributed by atoms with Gasteiger partial charge in [-0.05, 0) is 12.1 Å². The van der Waals surface area contributed by atoms with E-state index in [-0.39, 0.29) is 6.07 Å². The van der Waals surface area contributed by atoms with Crippen molar-refractivity contribution in [2.45, 2.75) is 6.18 Å². The molecular formula is C8H5F4NO2. The molecule has 0 amide bonds. The molecule has 0 aliphatic carbocycles. The van der Waals surface area contributed by atoms with E-state index in [9.17, 15) is 22.4 Å². The Hall–Kier alpha value is -1.79. The lowest BCUT2D eigenvalue weighted by Crippen LogP contribution is -2.11. The highest BCUT2D eigenvalue weighted by atomic mass is 19.4. The standard InChI is InChI=1S/C8H5F4NO2/c9-5-2-3(8(10,11)12)1-4(6(5)13)7(14)15/h1-2H,13H2,(H,14,15). The fourth-order valence-corrected chi connectivity index (χ4v) is 0.958. The Labute approximate surface area is 81.1 Å². The highest BCUT2D eigenvalue weighted by Gasteiger charge is 2.33. The van der Waals surface area contributed by atoms with Crippen molar-refractivity contribution in [3.05, 3.63) is 29.1 Å². The molecule has 0 saturated heterocycles. The van der Waals surface area contributed by atoms with Crippen LogP contribution in [0.5, 0.6) is 0 Å². The molecule has 0 saturated carbocycles. The molecule has 0 aliphatic rings. The lowest BCUT2D eigenvalue weighted by molar-refractivity contribution is -0.137. The summed E-state index contributed by atoms with van der Waals surface area (Å²) in [6.45, 7) is 0. The first kappa shape index (κ1) is 11.3. The van der Waals surface area contributed by atoms with Crippen LogP contribution in [0.1, 0.15) is 15.9 Å². The zero-order valence-corrected chi connectivity index (χ0v) is 7.10. The zero-order chi connectivity index (χ0) is 11.8. The van der Waals surface area contributed by atoms with Crippen LogP contribution in [0.3, 0.4) is 0 Å². The minimum absolute atomic E-state index is 0.155. The SMILES string of the molecule is Nc1c(F)cc(C(F)(F)F)cc1C(=O)O. The molecule has 1 aromatic rings. The Balaban J connectivity index is 3.43. The average Bonchev–Trinajstić information content (AvgIpc) is 2.06. The Morgan fingerprint density at radius 3 is 2.27 bits per heavy atom. The molecule has 1 aromatic carbocycles. The molecule has 7 heteroatoms. The summed E-state index contributed by atoms with van der Waals surface area (Å²) in [5.74, 6) is -3.11. The number of alkyl halides is 3. The molecule has 0 fully saturated rings. The normalized spacial score (nSPS) is 11.5. The maximum Gasteiger partial charge on any atom is 0.416 e. The van der Waals surface area contributed by atoms with Crippen molar-refractivity contribution in [3.63, 3.8) is 0 Å². The Kier molecular flexibility index (Phi) is 2.57. The molecule has 82 valence electrons. The summed E-state index contributed by atoms with van der Waals surface area (Å²) < 4.78 is 49.3. The maximum absolute atomic E-state index is 12.8. The lowest BCUT2D eigenvalue weighted by atomic mass is 10.1. The molecule has 0 atom stereocenters. The van der Waals surface area contributed by atoms with Gasteiger partial charge in [-0.3, -0.25) is 0 Å². The summed E-state index contributed by atoms with van der Waals surface area (Å²) in [7, 11) is 0. The molecule has 0 bridgehead atoms. The summed E-state index contributed by atoms with van der Waals surface area (Å²) in [5, 5.41) is 8.47. The number of anilines is 1. The van der Waals surface area contributed by atoms with Crippen LogP contribution in [0, 0.1) is 5.82 Å². The van der Waals surface area contributed by atoms with Gasteiger partial charge >= 0.3 is 12.1 Å². The zero-order valence-electron chi connectivity index (χ0n) is 7.10. The number of hydrogen-bond acceptors (Lipinski definition) is 2. The fourth-order valence-electron chi connectivity index (χ4n) is 0.958. The van der Waals surface area contributed by atoms with Crippen LogP contribution in [0.25, 0.3) is 0 Å². The molecule has 3 N–H and O–H groups in total. The van der Waals surface area contributed by atoms with Crippen molar-refractivity contribution in [1.29, 1.82) is 0 Å². The van der Waals surface area contributed by atoms with Gasteiger partial charge in [-0.15, -0.1) is 0 Å². The van der Waals surface area contributed by atoms with Gasteiger partial charge in [0.1, 0.15) is 5.82 Å². The van der Waals surface area contributed by atoms with Crippen molar-refractivity contribution < 1.29 is 27.5 Å². The molecule has 0 spiro atoms. The highest BCUT2D eigenvalue weighted by Crippen LogP contribution is 2.32. The number of carboxylic acids is 1. The third-order valence-electron chi connectivity index (χ3n) is 1.69. The number of hydrogen-bond donors (Lipinski definition) is 2. The maximum atomic E-state index is 12.8. The van der Waals surface area contributed by atoms with Crippen molar-refractivity contribution in [3.8, 4) is 0 Å². The van der Waals surface area contributed by atoms with E-state index in [1.165, 1.54) is 0 Å². The number of nitrogens with two attached hydrogens (primary N) is 1. The van der Waals surface area contributed by atoms with Gasteiger partial charge in [0.2, 0.25) is 0 Å². The molecule has 0 heterocycles. The number of nitrogen functional groups attached to an aromatic ring is 1. The van der Waals surface area contributed by atoms with Crippen LogP contribution in [-0.4, -0.2) is 11.1 Å². The Morgan fingerprint density at radius 1 is 1.33 bits per heavy atom. The third kappa shape index (κ3) is 2.17. The molecular weight excluding hydrogens is 218 g/mol. The van der Waals surface area contributed by atoms with Crippen molar-refractivity contribution in [2.24, 2.45) is 0 Å². The quantitative estimate of drug-likeness (QED) is 0.566. The van der Waals surface area contributed by atoms with Gasteiger partial charge in [0.15, 0.2) is 0 Å². The third-order valence-corrected chi connectivity index (χ3v) is 1.69. The first-order valence-electron chi connectivity index (χ1n) is 3.63. The largest absolute Gasteiger partial charge is 0.478 e. The predicted molar refractivity (Wildman–Crippen MR) is 42.8 cm³/mol. The van der Waals surface area contributed by atoms with Crippen LogP contribution in [-0.2, 0) is 6.18 Å². The van der Waals surface area contributed by atoms with Crippen LogP contribution < -0.4 is 5.73 Å². The van der Waals surface area contributed by atoms with Crippen molar-refractivity contribution >= 4 is 11.7 Å². The van der Waals surface area contributed by atoms with E-state index in [4.69, 9.17) is 10.8 Å². The molecule has 0 aromatic heterocycles. The predicted octanol–water partition coefficient (Wildman–Crippen LogP) is 2.12. The van der Waals surface area contributed by atoms with Gasteiger partial charge in [0.05, 0.1) is 16.8 Å². The minimum Gasteiger partial charge on any atom is -0.478 e. The summed E-state index contributed by atoms with van der Waals surface area (Å²) in [6, 6.07) is 0.447. The van der Waals surface area contributed by atoms with E-state index in [0.29, 0.717) is 6.07 Å². The minimum atomic E-state index is -4.81. The number of carboxylic acid groups (broad SMARTS) is 1. The van der Waals surface area contributed by atoms with E-state index in [0.717, 1.165) is 0 Å². The van der Waals surface area contributed by atoms with E-state index < -0.39 is 34.8 Å². The van der Waals surface area contributed by atoms with Gasteiger partial charge in [-0.25, -0.2) is 9.18 Å². The Morgan fingerprint density at radius 2 is 1.87 bits per heavy atom. The van der Waals surface area contributed by atoms with Gasteiger partial charge in [-0.1, -0.05) is 0 Å². The van der Waals surface area contributed by atoms with Gasteiger partial charge in [0.25, 0.3) is 0 Å². The smallest absolute Gasteiger partial charge is 0.416 e. The first-order chi connectivity index (χ1) is 6.73. The van der Waals surface area contributed by atoms with Gasteiger partial charge < -0.3 is 10.8 Å². The topological polar surface area (TPSA) is 63.3 Å². The lowest BCUT2D eigenvalue weighted by Gasteiger charge is -2.09. The van der Waals surface area contributed by atoms with Crippen LogP contribution in [0.4, 0.5) is 23.2 Å². The monoisotopic (exact) mass is 223 g/mol. The fraction of sp³-hybridized carbons (Fsp3) is 0.125. The summed E-state index contributed by atoms with van der Waals surface area (Å²) >= 11 is 0. The second-order valence-corrected chi connectivity index (χ2v) is 2.72. The van der Waals surface area contributed by atoms with Gasteiger partial charge in [-0.2, -0.15) is 13.2 Å². The Bertz CT molecular complexity index is 414. The number of halogens is 4. The van der Waals surface area contributed by atoms with Crippen LogP contribution in [0.2, 0.25) is 0 Å². The molecule has 1 rings (SSSR count).